The van der Waals surface area contributed by atoms with Crippen LogP contribution in [0.2, 0.25) is 0 Å². The van der Waals surface area contributed by atoms with Crippen LogP contribution in [0.25, 0.3) is 0 Å². The first-order valence-corrected chi connectivity index (χ1v) is 8.19. The maximum absolute atomic E-state index is 11.0. The third-order valence-electron chi connectivity index (χ3n) is 4.67. The number of hydrogen-bond donors (Lipinski definition) is 1. The highest BCUT2D eigenvalue weighted by molar-refractivity contribution is 7.09. The zero-order valence-electron chi connectivity index (χ0n) is 12.9. The van der Waals surface area contributed by atoms with Crippen LogP contribution in [0, 0.1) is 5.41 Å². The van der Waals surface area contributed by atoms with Crippen LogP contribution in [-0.4, -0.2) is 15.7 Å². The molecule has 1 aliphatic rings. The van der Waals surface area contributed by atoms with Crippen molar-refractivity contribution < 1.29 is 5.11 Å². The minimum atomic E-state index is -0.585. The van der Waals surface area contributed by atoms with Crippen molar-refractivity contribution in [1.29, 1.82) is 0 Å². The lowest BCUT2D eigenvalue weighted by molar-refractivity contribution is -0.0958. The van der Waals surface area contributed by atoms with Crippen molar-refractivity contribution in [3.8, 4) is 0 Å². The number of hydrogen-bond acceptors (Lipinski definition) is 3. The van der Waals surface area contributed by atoms with E-state index in [4.69, 9.17) is 4.98 Å². The summed E-state index contributed by atoms with van der Waals surface area (Å²) in [4.78, 5) is 4.74. The lowest BCUT2D eigenvalue weighted by Crippen LogP contribution is -2.48. The molecule has 2 rings (SSSR count). The van der Waals surface area contributed by atoms with E-state index in [-0.39, 0.29) is 10.8 Å². The molecule has 108 valence electrons. The molecule has 1 fully saturated rings. The van der Waals surface area contributed by atoms with E-state index in [9.17, 15) is 5.11 Å². The average Bonchev–Trinajstić information content (AvgIpc) is 2.70. The molecule has 3 heteroatoms. The Morgan fingerprint density at radius 1 is 1.26 bits per heavy atom. The van der Waals surface area contributed by atoms with E-state index in [1.165, 1.54) is 6.42 Å². The van der Waals surface area contributed by atoms with E-state index in [1.54, 1.807) is 11.3 Å². The zero-order chi connectivity index (χ0) is 14.3. The average molecular weight is 281 g/mol. The van der Waals surface area contributed by atoms with Gasteiger partial charge >= 0.3 is 0 Å². The SMILES string of the molecule is CC(C)(C)c1csc(CC2(O)CCCCC2(C)C)n1. The standard InChI is InChI=1S/C16H27NOS/c1-14(2,3)12-11-19-13(17-12)10-16(18)9-7-6-8-15(16,4)5/h11,18H,6-10H2,1-5H3. The van der Waals surface area contributed by atoms with Gasteiger partial charge < -0.3 is 5.11 Å². The van der Waals surface area contributed by atoms with Crippen LogP contribution in [-0.2, 0) is 11.8 Å². The lowest BCUT2D eigenvalue weighted by atomic mass is 9.64. The van der Waals surface area contributed by atoms with Gasteiger partial charge in [0.05, 0.1) is 16.3 Å². The Balaban J connectivity index is 2.18. The van der Waals surface area contributed by atoms with Crippen LogP contribution in [0.5, 0.6) is 0 Å². The summed E-state index contributed by atoms with van der Waals surface area (Å²) >= 11 is 1.70. The second-order valence-electron chi connectivity index (χ2n) is 7.68. The van der Waals surface area contributed by atoms with Crippen molar-refractivity contribution >= 4 is 11.3 Å². The Hall–Kier alpha value is -0.410. The third kappa shape index (κ3) is 3.03. The van der Waals surface area contributed by atoms with Crippen LogP contribution in [0.3, 0.4) is 0 Å². The maximum atomic E-state index is 11.0. The van der Waals surface area contributed by atoms with Gasteiger partial charge in [0.1, 0.15) is 0 Å². The molecule has 1 saturated carbocycles. The van der Waals surface area contributed by atoms with Gasteiger partial charge in [-0.15, -0.1) is 11.3 Å². The van der Waals surface area contributed by atoms with E-state index in [1.807, 2.05) is 0 Å². The van der Waals surface area contributed by atoms with Gasteiger partial charge in [0.25, 0.3) is 0 Å². The van der Waals surface area contributed by atoms with Gasteiger partial charge in [0, 0.05) is 17.2 Å². The molecule has 0 spiro atoms. The summed E-state index contributed by atoms with van der Waals surface area (Å²) in [7, 11) is 0. The van der Waals surface area contributed by atoms with E-state index in [0.29, 0.717) is 6.42 Å². The van der Waals surface area contributed by atoms with Crippen LogP contribution in [0.15, 0.2) is 5.38 Å². The Kier molecular flexibility index (Phi) is 3.83. The highest BCUT2D eigenvalue weighted by Gasteiger charge is 2.45. The molecule has 1 unspecified atom stereocenters. The van der Waals surface area contributed by atoms with Gasteiger partial charge in [-0.05, 0) is 18.3 Å². The molecule has 1 aromatic heterocycles. The Bertz CT molecular complexity index is 444. The summed E-state index contributed by atoms with van der Waals surface area (Å²) < 4.78 is 0. The van der Waals surface area contributed by atoms with Crippen LogP contribution >= 0.6 is 11.3 Å². The molecule has 0 amide bonds. The fraction of sp³-hybridized carbons (Fsp3) is 0.812. The highest BCUT2D eigenvalue weighted by Crippen LogP contribution is 2.45. The summed E-state index contributed by atoms with van der Waals surface area (Å²) in [6.07, 6.45) is 5.10. The maximum Gasteiger partial charge on any atom is 0.0957 e. The van der Waals surface area contributed by atoms with Crippen LogP contribution in [0.1, 0.15) is 71.0 Å². The number of aliphatic hydroxyl groups is 1. The molecule has 1 heterocycles. The number of nitrogens with zero attached hydrogens (tertiary/aromatic N) is 1. The molecule has 0 saturated heterocycles. The van der Waals surface area contributed by atoms with E-state index >= 15 is 0 Å². The van der Waals surface area contributed by atoms with Crippen molar-refractivity contribution in [1.82, 2.24) is 4.98 Å². The molecule has 1 atom stereocenters. The fourth-order valence-corrected chi connectivity index (χ4v) is 4.00. The van der Waals surface area contributed by atoms with Crippen molar-refractivity contribution in [2.45, 2.75) is 77.7 Å². The zero-order valence-corrected chi connectivity index (χ0v) is 13.7. The first kappa shape index (κ1) is 15.0. The molecule has 19 heavy (non-hydrogen) atoms. The van der Waals surface area contributed by atoms with E-state index in [0.717, 1.165) is 30.0 Å². The van der Waals surface area contributed by atoms with Crippen molar-refractivity contribution in [3.63, 3.8) is 0 Å². The van der Waals surface area contributed by atoms with Gasteiger partial charge in [0.15, 0.2) is 0 Å². The predicted octanol–water partition coefficient (Wildman–Crippen LogP) is 4.31. The fourth-order valence-electron chi connectivity index (χ4n) is 2.87. The lowest BCUT2D eigenvalue weighted by Gasteiger charge is -2.46. The molecule has 1 N–H and O–H groups in total. The Labute approximate surface area is 121 Å². The quantitative estimate of drug-likeness (QED) is 0.876. The molecule has 1 aromatic rings. The summed E-state index contributed by atoms with van der Waals surface area (Å²) in [6.45, 7) is 11.0. The molecular formula is C16H27NOS. The summed E-state index contributed by atoms with van der Waals surface area (Å²) in [6, 6.07) is 0. The summed E-state index contributed by atoms with van der Waals surface area (Å²) in [5.41, 5.74) is 0.654. The first-order valence-electron chi connectivity index (χ1n) is 7.31. The monoisotopic (exact) mass is 281 g/mol. The van der Waals surface area contributed by atoms with Gasteiger partial charge in [-0.25, -0.2) is 4.98 Å². The molecular weight excluding hydrogens is 254 g/mol. The number of aromatic nitrogens is 1. The molecule has 0 bridgehead atoms. The van der Waals surface area contributed by atoms with E-state index in [2.05, 4.69) is 40.0 Å². The van der Waals surface area contributed by atoms with Gasteiger partial charge in [-0.2, -0.15) is 0 Å². The number of thiazole rings is 1. The summed E-state index contributed by atoms with van der Waals surface area (Å²) in [5, 5.41) is 14.3. The van der Waals surface area contributed by atoms with Gasteiger partial charge in [0.2, 0.25) is 0 Å². The molecule has 0 radical (unpaired) electrons. The van der Waals surface area contributed by atoms with E-state index < -0.39 is 5.60 Å². The highest BCUT2D eigenvalue weighted by atomic mass is 32.1. The van der Waals surface area contributed by atoms with Gasteiger partial charge in [-0.1, -0.05) is 47.5 Å². The van der Waals surface area contributed by atoms with Crippen molar-refractivity contribution in [3.05, 3.63) is 16.1 Å². The minimum absolute atomic E-state index is 0.00117. The van der Waals surface area contributed by atoms with Crippen molar-refractivity contribution in [2.75, 3.05) is 0 Å². The Morgan fingerprint density at radius 3 is 2.42 bits per heavy atom. The normalized spacial score (nSPS) is 27.5. The largest absolute Gasteiger partial charge is 0.389 e. The number of rotatable bonds is 2. The topological polar surface area (TPSA) is 33.1 Å². The molecule has 0 aromatic carbocycles. The minimum Gasteiger partial charge on any atom is -0.389 e. The van der Waals surface area contributed by atoms with Gasteiger partial charge in [-0.3, -0.25) is 0 Å². The second-order valence-corrected chi connectivity index (χ2v) is 8.62. The second kappa shape index (κ2) is 4.85. The summed E-state index contributed by atoms with van der Waals surface area (Å²) in [5.74, 6) is 0. The third-order valence-corrected chi connectivity index (χ3v) is 5.51. The molecule has 2 nitrogen and oxygen atoms in total. The smallest absolute Gasteiger partial charge is 0.0957 e. The van der Waals surface area contributed by atoms with Crippen LogP contribution < -0.4 is 0 Å². The van der Waals surface area contributed by atoms with Crippen molar-refractivity contribution in [2.24, 2.45) is 5.41 Å². The molecule has 0 aliphatic heterocycles. The Morgan fingerprint density at radius 2 is 1.89 bits per heavy atom. The predicted molar refractivity (Wildman–Crippen MR) is 81.7 cm³/mol. The first-order chi connectivity index (χ1) is 8.64. The molecule has 1 aliphatic carbocycles. The van der Waals surface area contributed by atoms with Crippen LogP contribution in [0.4, 0.5) is 0 Å².